The van der Waals surface area contributed by atoms with Crippen molar-refractivity contribution in [1.82, 2.24) is 5.32 Å². The molecule has 0 bridgehead atoms. The molecule has 2 aliphatic carbocycles. The molecular formula is C13H22BrNO. The van der Waals surface area contributed by atoms with E-state index in [2.05, 4.69) is 28.2 Å². The van der Waals surface area contributed by atoms with Crippen LogP contribution in [0.1, 0.15) is 45.4 Å². The fraction of sp³-hybridized carbons (Fsp3) is 0.923. The maximum atomic E-state index is 12.0. The van der Waals surface area contributed by atoms with Crippen molar-refractivity contribution in [1.29, 1.82) is 0 Å². The van der Waals surface area contributed by atoms with Crippen molar-refractivity contribution in [2.45, 2.75) is 45.4 Å². The van der Waals surface area contributed by atoms with E-state index < -0.39 is 0 Å². The first kappa shape index (κ1) is 12.4. The maximum Gasteiger partial charge on any atom is 0.223 e. The maximum absolute atomic E-state index is 12.0. The van der Waals surface area contributed by atoms with Gasteiger partial charge in [0.2, 0.25) is 5.91 Å². The Bertz CT molecular complexity index is 263. The highest BCUT2D eigenvalue weighted by Gasteiger charge is 2.42. The van der Waals surface area contributed by atoms with Crippen LogP contribution in [-0.4, -0.2) is 17.8 Å². The van der Waals surface area contributed by atoms with Gasteiger partial charge in [0.1, 0.15) is 0 Å². The predicted molar refractivity (Wildman–Crippen MR) is 69.6 cm³/mol. The summed E-state index contributed by atoms with van der Waals surface area (Å²) in [5.41, 5.74) is 0.445. The molecule has 1 amide bonds. The molecule has 0 aliphatic heterocycles. The second-order valence-electron chi connectivity index (χ2n) is 5.67. The van der Waals surface area contributed by atoms with E-state index in [-0.39, 0.29) is 0 Å². The van der Waals surface area contributed by atoms with Gasteiger partial charge < -0.3 is 5.32 Å². The van der Waals surface area contributed by atoms with Gasteiger partial charge in [-0.25, -0.2) is 0 Å². The van der Waals surface area contributed by atoms with Crippen LogP contribution in [0.15, 0.2) is 0 Å². The smallest absolute Gasteiger partial charge is 0.223 e. The molecule has 0 aromatic carbocycles. The SMILES string of the molecule is CC1CCCC1C(=O)NCC1(CCBr)CC1. The van der Waals surface area contributed by atoms with Gasteiger partial charge >= 0.3 is 0 Å². The van der Waals surface area contributed by atoms with E-state index in [1.807, 2.05) is 0 Å². The lowest BCUT2D eigenvalue weighted by molar-refractivity contribution is -0.126. The minimum absolute atomic E-state index is 0.291. The number of carbonyl (C=O) groups excluding carboxylic acids is 1. The molecule has 92 valence electrons. The summed E-state index contributed by atoms with van der Waals surface area (Å²) in [6.07, 6.45) is 7.33. The highest BCUT2D eigenvalue weighted by molar-refractivity contribution is 9.09. The molecule has 16 heavy (non-hydrogen) atoms. The molecule has 2 rings (SSSR count). The van der Waals surface area contributed by atoms with E-state index in [0.29, 0.717) is 23.2 Å². The van der Waals surface area contributed by atoms with E-state index in [1.54, 1.807) is 0 Å². The average Bonchev–Trinajstić information content (AvgIpc) is 2.89. The van der Waals surface area contributed by atoms with E-state index >= 15 is 0 Å². The second-order valence-corrected chi connectivity index (χ2v) is 6.46. The molecule has 0 aromatic rings. The average molecular weight is 288 g/mol. The van der Waals surface area contributed by atoms with Crippen LogP contribution in [0, 0.1) is 17.3 Å². The fourth-order valence-corrected chi connectivity index (χ4v) is 3.67. The minimum Gasteiger partial charge on any atom is -0.355 e. The molecule has 2 nitrogen and oxygen atoms in total. The number of halogens is 1. The fourth-order valence-electron chi connectivity index (χ4n) is 2.83. The van der Waals surface area contributed by atoms with Crippen LogP contribution in [0.2, 0.25) is 0 Å². The van der Waals surface area contributed by atoms with Gasteiger partial charge in [0.05, 0.1) is 0 Å². The van der Waals surface area contributed by atoms with Crippen LogP contribution in [0.5, 0.6) is 0 Å². The first-order chi connectivity index (χ1) is 7.67. The summed E-state index contributed by atoms with van der Waals surface area (Å²) in [6.45, 7) is 3.11. The van der Waals surface area contributed by atoms with E-state index in [9.17, 15) is 4.79 Å². The van der Waals surface area contributed by atoms with Gasteiger partial charge in [0.15, 0.2) is 0 Å². The zero-order valence-electron chi connectivity index (χ0n) is 10.1. The number of nitrogens with one attached hydrogen (secondary N) is 1. The minimum atomic E-state index is 0.291. The molecule has 2 fully saturated rings. The quantitative estimate of drug-likeness (QED) is 0.774. The van der Waals surface area contributed by atoms with Gasteiger partial charge in [0, 0.05) is 17.8 Å². The van der Waals surface area contributed by atoms with Gasteiger partial charge in [-0.15, -0.1) is 0 Å². The topological polar surface area (TPSA) is 29.1 Å². The van der Waals surface area contributed by atoms with Crippen molar-refractivity contribution in [3.05, 3.63) is 0 Å². The number of amides is 1. The predicted octanol–water partition coefficient (Wildman–Crippen LogP) is 3.10. The normalized spacial score (nSPS) is 31.4. The highest BCUT2D eigenvalue weighted by atomic mass is 79.9. The first-order valence-corrected chi connectivity index (χ1v) is 7.63. The molecule has 2 atom stereocenters. The highest BCUT2D eigenvalue weighted by Crippen LogP contribution is 2.48. The van der Waals surface area contributed by atoms with Crippen LogP contribution in [0.4, 0.5) is 0 Å². The van der Waals surface area contributed by atoms with Gasteiger partial charge in [-0.3, -0.25) is 4.79 Å². The van der Waals surface area contributed by atoms with E-state index in [4.69, 9.17) is 0 Å². The lowest BCUT2D eigenvalue weighted by atomic mass is 9.96. The summed E-state index contributed by atoms with van der Waals surface area (Å²) in [7, 11) is 0. The number of hydrogen-bond donors (Lipinski definition) is 1. The second kappa shape index (κ2) is 5.07. The summed E-state index contributed by atoms with van der Waals surface area (Å²) in [5.74, 6) is 1.19. The summed E-state index contributed by atoms with van der Waals surface area (Å²) in [5, 5.41) is 4.24. The third-order valence-electron chi connectivity index (χ3n) is 4.42. The van der Waals surface area contributed by atoms with Gasteiger partial charge in [-0.2, -0.15) is 0 Å². The lowest BCUT2D eigenvalue weighted by Crippen LogP contribution is -2.36. The van der Waals surface area contributed by atoms with Crippen LogP contribution in [0.3, 0.4) is 0 Å². The third kappa shape index (κ3) is 2.79. The number of alkyl halides is 1. The molecule has 2 unspecified atom stereocenters. The molecule has 0 saturated heterocycles. The summed E-state index contributed by atoms with van der Waals surface area (Å²) in [6, 6.07) is 0. The van der Waals surface area contributed by atoms with Crippen molar-refractivity contribution in [3.8, 4) is 0 Å². The molecule has 2 saturated carbocycles. The van der Waals surface area contributed by atoms with Crippen molar-refractivity contribution in [2.24, 2.45) is 17.3 Å². The molecular weight excluding hydrogens is 266 g/mol. The Kier molecular flexibility index (Phi) is 3.93. The summed E-state index contributed by atoms with van der Waals surface area (Å²) >= 11 is 3.50. The van der Waals surface area contributed by atoms with Crippen LogP contribution < -0.4 is 5.32 Å². The Morgan fingerprint density at radius 3 is 2.69 bits per heavy atom. The molecule has 0 heterocycles. The standard InChI is InChI=1S/C13H22BrNO/c1-10-3-2-4-11(10)12(16)15-9-13(5-6-13)7-8-14/h10-11H,2-9H2,1H3,(H,15,16). The number of hydrogen-bond acceptors (Lipinski definition) is 1. The molecule has 0 spiro atoms. The molecule has 0 radical (unpaired) electrons. The Hall–Kier alpha value is -0.0500. The van der Waals surface area contributed by atoms with Crippen molar-refractivity contribution >= 4 is 21.8 Å². The van der Waals surface area contributed by atoms with Crippen molar-refractivity contribution in [2.75, 3.05) is 11.9 Å². The summed E-state index contributed by atoms with van der Waals surface area (Å²) < 4.78 is 0. The zero-order valence-corrected chi connectivity index (χ0v) is 11.7. The van der Waals surface area contributed by atoms with Crippen molar-refractivity contribution < 1.29 is 4.79 Å². The third-order valence-corrected chi connectivity index (χ3v) is 4.81. The van der Waals surface area contributed by atoms with Gasteiger partial charge in [0.25, 0.3) is 0 Å². The van der Waals surface area contributed by atoms with E-state index in [1.165, 1.54) is 32.1 Å². The Labute approximate surface area is 107 Å². The van der Waals surface area contributed by atoms with Crippen LogP contribution in [0.25, 0.3) is 0 Å². The largest absolute Gasteiger partial charge is 0.355 e. The Morgan fingerprint density at radius 2 is 2.19 bits per heavy atom. The molecule has 0 aromatic heterocycles. The van der Waals surface area contributed by atoms with E-state index in [0.717, 1.165) is 18.3 Å². The van der Waals surface area contributed by atoms with Crippen LogP contribution in [-0.2, 0) is 4.79 Å². The van der Waals surface area contributed by atoms with Crippen LogP contribution >= 0.6 is 15.9 Å². The molecule has 2 aliphatic rings. The number of carbonyl (C=O) groups is 1. The molecule has 3 heteroatoms. The summed E-state index contributed by atoms with van der Waals surface area (Å²) in [4.78, 5) is 12.0. The lowest BCUT2D eigenvalue weighted by Gasteiger charge is -2.19. The zero-order chi connectivity index (χ0) is 11.6. The van der Waals surface area contributed by atoms with Gasteiger partial charge in [-0.05, 0) is 43.4 Å². The van der Waals surface area contributed by atoms with Crippen molar-refractivity contribution in [3.63, 3.8) is 0 Å². The monoisotopic (exact) mass is 287 g/mol. The van der Waals surface area contributed by atoms with Gasteiger partial charge in [-0.1, -0.05) is 29.3 Å². The Balaban J connectivity index is 1.75. The molecule has 1 N–H and O–H groups in total. The number of rotatable bonds is 5. The first-order valence-electron chi connectivity index (χ1n) is 6.51. The Morgan fingerprint density at radius 1 is 1.44 bits per heavy atom.